The van der Waals surface area contributed by atoms with Crippen molar-refractivity contribution in [3.63, 3.8) is 0 Å². The summed E-state index contributed by atoms with van der Waals surface area (Å²) < 4.78 is 26.1. The van der Waals surface area contributed by atoms with Crippen LogP contribution in [0.3, 0.4) is 0 Å². The number of benzene rings is 1. The molecule has 0 spiro atoms. The molecule has 5 heteroatoms. The Morgan fingerprint density at radius 2 is 1.68 bits per heavy atom. The van der Waals surface area contributed by atoms with Gasteiger partial charge in [-0.15, -0.1) is 0 Å². The molecule has 1 amide bonds. The van der Waals surface area contributed by atoms with Crippen LogP contribution in [0.5, 0.6) is 0 Å². The van der Waals surface area contributed by atoms with Crippen LogP contribution < -0.4 is 10.6 Å². The van der Waals surface area contributed by atoms with Gasteiger partial charge >= 0.3 is 0 Å². The number of hydrogen-bond acceptors (Lipinski definition) is 2. The molecule has 1 aromatic carbocycles. The van der Waals surface area contributed by atoms with E-state index in [1.54, 1.807) is 0 Å². The van der Waals surface area contributed by atoms with Crippen LogP contribution in [0.15, 0.2) is 18.2 Å². The lowest BCUT2D eigenvalue weighted by Crippen LogP contribution is -2.48. The zero-order valence-electron chi connectivity index (χ0n) is 10.5. The summed E-state index contributed by atoms with van der Waals surface area (Å²) in [4.78, 5) is 12.0. The number of carbonyl (C=O) groups excluding carboxylic acids is 1. The number of amides is 1. The second kappa shape index (κ2) is 4.89. The number of piperidine rings is 1. The first-order valence-electron chi connectivity index (χ1n) is 6.63. The summed E-state index contributed by atoms with van der Waals surface area (Å²) >= 11 is 0. The molecule has 2 aliphatic rings. The maximum absolute atomic E-state index is 13.1. The Balaban J connectivity index is 1.67. The molecule has 2 saturated heterocycles. The van der Waals surface area contributed by atoms with Crippen molar-refractivity contribution in [3.05, 3.63) is 35.4 Å². The zero-order chi connectivity index (χ0) is 13.4. The van der Waals surface area contributed by atoms with Crippen molar-refractivity contribution in [1.82, 2.24) is 10.6 Å². The third-order valence-corrected chi connectivity index (χ3v) is 3.93. The van der Waals surface area contributed by atoms with E-state index in [4.69, 9.17) is 0 Å². The minimum atomic E-state index is -0.726. The quantitative estimate of drug-likeness (QED) is 0.859. The lowest BCUT2D eigenvalue weighted by Gasteiger charge is -2.29. The molecule has 2 atom stereocenters. The Labute approximate surface area is 110 Å². The smallest absolute Gasteiger partial charge is 0.251 e. The Bertz CT molecular complexity index is 474. The third kappa shape index (κ3) is 2.76. The van der Waals surface area contributed by atoms with Crippen molar-refractivity contribution >= 4 is 5.91 Å². The Hall–Kier alpha value is -1.49. The summed E-state index contributed by atoms with van der Waals surface area (Å²) in [6.07, 6.45) is 4.07. The van der Waals surface area contributed by atoms with Gasteiger partial charge in [0.1, 0.15) is 11.6 Å². The minimum absolute atomic E-state index is 0.0448. The second-order valence-corrected chi connectivity index (χ2v) is 5.44. The molecule has 102 valence electrons. The molecule has 3 rings (SSSR count). The van der Waals surface area contributed by atoms with E-state index >= 15 is 0 Å². The van der Waals surface area contributed by atoms with Crippen molar-refractivity contribution in [1.29, 1.82) is 0 Å². The fourth-order valence-electron chi connectivity index (χ4n) is 3.13. The van der Waals surface area contributed by atoms with E-state index in [0.29, 0.717) is 12.1 Å². The number of fused-ring (bicyclic) bond motifs is 2. The fourth-order valence-corrected chi connectivity index (χ4v) is 3.13. The lowest BCUT2D eigenvalue weighted by atomic mass is 9.99. The average molecular weight is 266 g/mol. The third-order valence-electron chi connectivity index (χ3n) is 3.93. The summed E-state index contributed by atoms with van der Waals surface area (Å²) in [6.45, 7) is 0. The first-order valence-corrected chi connectivity index (χ1v) is 6.63. The zero-order valence-corrected chi connectivity index (χ0v) is 10.5. The number of carbonyl (C=O) groups is 1. The van der Waals surface area contributed by atoms with Crippen molar-refractivity contribution in [3.8, 4) is 0 Å². The van der Waals surface area contributed by atoms with Crippen LogP contribution >= 0.6 is 0 Å². The number of hydrogen-bond donors (Lipinski definition) is 2. The summed E-state index contributed by atoms with van der Waals surface area (Å²) in [5.41, 5.74) is 0.0448. The van der Waals surface area contributed by atoms with Crippen LogP contribution in [0.25, 0.3) is 0 Å². The lowest BCUT2D eigenvalue weighted by molar-refractivity contribution is 0.0923. The summed E-state index contributed by atoms with van der Waals surface area (Å²) in [6, 6.07) is 3.92. The van der Waals surface area contributed by atoms with Gasteiger partial charge in [0.05, 0.1) is 0 Å². The molecule has 2 unspecified atom stereocenters. The molecule has 2 N–H and O–H groups in total. The first kappa shape index (κ1) is 12.5. The molecule has 2 heterocycles. The summed E-state index contributed by atoms with van der Waals surface area (Å²) in [5.74, 6) is -1.85. The van der Waals surface area contributed by atoms with Gasteiger partial charge in [-0.25, -0.2) is 8.78 Å². The molecular formula is C14H16F2N2O. The van der Waals surface area contributed by atoms with E-state index in [9.17, 15) is 13.6 Å². The van der Waals surface area contributed by atoms with Gasteiger partial charge in [-0.2, -0.15) is 0 Å². The van der Waals surface area contributed by atoms with Crippen LogP contribution in [-0.4, -0.2) is 24.0 Å². The van der Waals surface area contributed by atoms with Gasteiger partial charge < -0.3 is 10.6 Å². The molecule has 19 heavy (non-hydrogen) atoms. The first-order chi connectivity index (χ1) is 9.10. The molecule has 0 aliphatic carbocycles. The van der Waals surface area contributed by atoms with Crippen LogP contribution in [0.1, 0.15) is 36.0 Å². The predicted octanol–water partition coefficient (Wildman–Crippen LogP) is 1.98. The van der Waals surface area contributed by atoms with E-state index in [2.05, 4.69) is 10.6 Å². The van der Waals surface area contributed by atoms with E-state index in [-0.39, 0.29) is 11.6 Å². The van der Waals surface area contributed by atoms with E-state index in [1.807, 2.05) is 0 Å². The van der Waals surface area contributed by atoms with Crippen LogP contribution in [-0.2, 0) is 0 Å². The Kier molecular flexibility index (Phi) is 3.22. The standard InChI is InChI=1S/C14H16F2N2O/c15-9-3-8(4-10(16)5-9)14(19)18-13-6-11-1-2-12(7-13)17-11/h3-5,11-13,17H,1-2,6-7H2,(H,18,19). The highest BCUT2D eigenvalue weighted by Gasteiger charge is 2.34. The fraction of sp³-hybridized carbons (Fsp3) is 0.500. The molecule has 1 aromatic rings. The van der Waals surface area contributed by atoms with Gasteiger partial charge in [-0.1, -0.05) is 0 Å². The monoisotopic (exact) mass is 266 g/mol. The largest absolute Gasteiger partial charge is 0.349 e. The molecule has 0 radical (unpaired) electrons. The Morgan fingerprint density at radius 1 is 1.11 bits per heavy atom. The maximum atomic E-state index is 13.1. The summed E-state index contributed by atoms with van der Waals surface area (Å²) in [5, 5.41) is 6.36. The highest BCUT2D eigenvalue weighted by molar-refractivity contribution is 5.94. The molecular weight excluding hydrogens is 250 g/mol. The maximum Gasteiger partial charge on any atom is 0.251 e. The molecule has 2 aliphatic heterocycles. The van der Waals surface area contributed by atoms with Gasteiger partial charge in [-0.05, 0) is 37.8 Å². The van der Waals surface area contributed by atoms with Gasteiger partial charge in [-0.3, -0.25) is 4.79 Å². The predicted molar refractivity (Wildman–Crippen MR) is 66.8 cm³/mol. The molecule has 2 fully saturated rings. The van der Waals surface area contributed by atoms with E-state index in [1.165, 1.54) is 0 Å². The van der Waals surface area contributed by atoms with Gasteiger partial charge in [0.25, 0.3) is 5.91 Å². The number of rotatable bonds is 2. The van der Waals surface area contributed by atoms with E-state index in [0.717, 1.165) is 43.9 Å². The average Bonchev–Trinajstić information content (AvgIpc) is 2.67. The topological polar surface area (TPSA) is 41.1 Å². The SMILES string of the molecule is O=C(NC1CC2CCC(C1)N2)c1cc(F)cc(F)c1. The molecule has 0 saturated carbocycles. The van der Waals surface area contributed by atoms with Crippen LogP contribution in [0.2, 0.25) is 0 Å². The van der Waals surface area contributed by atoms with Crippen molar-refractivity contribution in [2.75, 3.05) is 0 Å². The van der Waals surface area contributed by atoms with E-state index < -0.39 is 17.5 Å². The second-order valence-electron chi connectivity index (χ2n) is 5.44. The van der Waals surface area contributed by atoms with Gasteiger partial charge in [0, 0.05) is 29.8 Å². The number of halogens is 2. The van der Waals surface area contributed by atoms with Crippen molar-refractivity contribution < 1.29 is 13.6 Å². The normalized spacial score (nSPS) is 29.3. The minimum Gasteiger partial charge on any atom is -0.349 e. The summed E-state index contributed by atoms with van der Waals surface area (Å²) in [7, 11) is 0. The Morgan fingerprint density at radius 3 is 2.26 bits per heavy atom. The highest BCUT2D eigenvalue weighted by Crippen LogP contribution is 2.26. The van der Waals surface area contributed by atoms with Crippen molar-refractivity contribution in [2.45, 2.75) is 43.8 Å². The number of nitrogens with one attached hydrogen (secondary N) is 2. The highest BCUT2D eigenvalue weighted by atomic mass is 19.1. The molecule has 3 nitrogen and oxygen atoms in total. The molecule has 2 bridgehead atoms. The van der Waals surface area contributed by atoms with Gasteiger partial charge in [0.2, 0.25) is 0 Å². The molecule has 0 aromatic heterocycles. The van der Waals surface area contributed by atoms with Crippen LogP contribution in [0.4, 0.5) is 8.78 Å². The van der Waals surface area contributed by atoms with Crippen LogP contribution in [0, 0.1) is 11.6 Å². The van der Waals surface area contributed by atoms with Gasteiger partial charge in [0.15, 0.2) is 0 Å². The van der Waals surface area contributed by atoms with Crippen molar-refractivity contribution in [2.24, 2.45) is 0 Å².